The molecule has 0 radical (unpaired) electrons. The third kappa shape index (κ3) is 3.00. The van der Waals surface area contributed by atoms with E-state index in [1.807, 2.05) is 39.4 Å². The molecule has 17 heavy (non-hydrogen) atoms. The summed E-state index contributed by atoms with van der Waals surface area (Å²) in [4.78, 5) is 2.08. The van der Waals surface area contributed by atoms with E-state index in [1.54, 1.807) is 0 Å². The van der Waals surface area contributed by atoms with Crippen LogP contribution >= 0.6 is 11.6 Å². The molecule has 0 aliphatic carbocycles. The number of aliphatic hydroxyl groups excluding tert-OH is 1. The number of halogens is 1. The van der Waals surface area contributed by atoms with Gasteiger partial charge in [-0.05, 0) is 34.7 Å². The third-order valence-electron chi connectivity index (χ3n) is 3.26. The van der Waals surface area contributed by atoms with E-state index in [0.29, 0.717) is 6.54 Å². The van der Waals surface area contributed by atoms with E-state index in [9.17, 15) is 5.11 Å². The van der Waals surface area contributed by atoms with Crippen molar-refractivity contribution < 1.29 is 5.11 Å². The molecule has 0 aliphatic heterocycles. The molecule has 0 unspecified atom stereocenters. The van der Waals surface area contributed by atoms with Crippen LogP contribution in [0, 0.1) is 6.92 Å². The molecule has 98 valence electrons. The summed E-state index contributed by atoms with van der Waals surface area (Å²) in [6, 6.07) is 0. The first kappa shape index (κ1) is 14.5. The van der Waals surface area contributed by atoms with Gasteiger partial charge in [0.05, 0.1) is 23.0 Å². The van der Waals surface area contributed by atoms with Crippen molar-refractivity contribution in [3.05, 3.63) is 16.4 Å². The molecule has 1 aromatic rings. The van der Waals surface area contributed by atoms with Crippen molar-refractivity contribution in [3.63, 3.8) is 0 Å². The number of nitrogens with zero attached hydrogens (tertiary/aromatic N) is 3. The molecule has 0 aliphatic rings. The highest BCUT2D eigenvalue weighted by Gasteiger charge is 2.25. The highest BCUT2D eigenvalue weighted by Crippen LogP contribution is 2.24. The van der Waals surface area contributed by atoms with Gasteiger partial charge in [0.2, 0.25) is 0 Å². The Balaban J connectivity index is 2.95. The normalized spacial score (nSPS) is 12.5. The predicted octanol–water partition coefficient (Wildman–Crippen LogP) is 2.07. The van der Waals surface area contributed by atoms with Gasteiger partial charge in [0.1, 0.15) is 0 Å². The summed E-state index contributed by atoms with van der Waals surface area (Å²) in [5.41, 5.74) is 1.61. The summed E-state index contributed by atoms with van der Waals surface area (Å²) >= 11 is 6.26. The highest BCUT2D eigenvalue weighted by molar-refractivity contribution is 6.31. The third-order valence-corrected chi connectivity index (χ3v) is 3.75. The molecule has 0 bridgehead atoms. The Morgan fingerprint density at radius 1 is 1.47 bits per heavy atom. The topological polar surface area (TPSA) is 41.3 Å². The van der Waals surface area contributed by atoms with E-state index in [1.165, 1.54) is 0 Å². The van der Waals surface area contributed by atoms with Gasteiger partial charge in [0, 0.05) is 18.6 Å². The zero-order chi connectivity index (χ0) is 13.2. The summed E-state index contributed by atoms with van der Waals surface area (Å²) < 4.78 is 1.92. The first-order chi connectivity index (χ1) is 7.83. The minimum Gasteiger partial charge on any atom is -0.394 e. The number of rotatable bonds is 5. The zero-order valence-corrected chi connectivity index (χ0v) is 12.0. The average Bonchev–Trinajstić information content (AvgIpc) is 2.56. The van der Waals surface area contributed by atoms with Gasteiger partial charge in [-0.15, -0.1) is 0 Å². The Morgan fingerprint density at radius 3 is 2.53 bits per heavy atom. The van der Waals surface area contributed by atoms with E-state index >= 15 is 0 Å². The maximum atomic E-state index is 9.35. The van der Waals surface area contributed by atoms with Crippen LogP contribution in [0.15, 0.2) is 0 Å². The van der Waals surface area contributed by atoms with Crippen molar-refractivity contribution in [2.24, 2.45) is 0 Å². The predicted molar refractivity (Wildman–Crippen MR) is 70.3 cm³/mol. The smallest absolute Gasteiger partial charge is 0.0860 e. The number of aryl methyl sites for hydroxylation is 2. The quantitative estimate of drug-likeness (QED) is 0.880. The van der Waals surface area contributed by atoms with Gasteiger partial charge in [0.25, 0.3) is 0 Å². The van der Waals surface area contributed by atoms with Crippen LogP contribution in [0.3, 0.4) is 0 Å². The minimum absolute atomic E-state index is 0.111. The van der Waals surface area contributed by atoms with Crippen molar-refractivity contribution in [1.82, 2.24) is 14.7 Å². The van der Waals surface area contributed by atoms with Crippen molar-refractivity contribution in [1.29, 1.82) is 0 Å². The molecular formula is C12H22ClN3O. The van der Waals surface area contributed by atoms with Crippen LogP contribution in [0.25, 0.3) is 0 Å². The fraction of sp³-hybridized carbons (Fsp3) is 0.750. The van der Waals surface area contributed by atoms with Gasteiger partial charge in [0.15, 0.2) is 0 Å². The lowest BCUT2D eigenvalue weighted by atomic mass is 10.1. The van der Waals surface area contributed by atoms with Crippen LogP contribution in [0.5, 0.6) is 0 Å². The van der Waals surface area contributed by atoms with Crippen LogP contribution in [-0.2, 0) is 13.1 Å². The lowest BCUT2D eigenvalue weighted by Crippen LogP contribution is -2.44. The van der Waals surface area contributed by atoms with Gasteiger partial charge in [-0.2, -0.15) is 5.10 Å². The molecule has 1 rings (SSSR count). The van der Waals surface area contributed by atoms with Crippen LogP contribution in [-0.4, -0.2) is 39.0 Å². The Kier molecular flexibility index (Phi) is 4.58. The number of aromatic nitrogens is 2. The van der Waals surface area contributed by atoms with Gasteiger partial charge in [-0.3, -0.25) is 9.58 Å². The van der Waals surface area contributed by atoms with Crippen LogP contribution in [0.4, 0.5) is 0 Å². The Hall–Kier alpha value is -0.580. The van der Waals surface area contributed by atoms with E-state index < -0.39 is 0 Å². The maximum Gasteiger partial charge on any atom is 0.0860 e. The van der Waals surface area contributed by atoms with Gasteiger partial charge in [-0.25, -0.2) is 0 Å². The number of hydrogen-bond donors (Lipinski definition) is 1. The highest BCUT2D eigenvalue weighted by atomic mass is 35.5. The van der Waals surface area contributed by atoms with Crippen LogP contribution in [0.1, 0.15) is 32.2 Å². The summed E-state index contributed by atoms with van der Waals surface area (Å²) in [5.74, 6) is 0. The second-order valence-electron chi connectivity index (χ2n) is 4.99. The SMILES string of the molecule is CCn1nc(C)c(Cl)c1CN(C)C(C)(C)CO. The number of hydrogen-bond acceptors (Lipinski definition) is 3. The number of likely N-dealkylation sites (N-methyl/N-ethyl adjacent to an activating group) is 1. The lowest BCUT2D eigenvalue weighted by Gasteiger charge is -2.33. The lowest BCUT2D eigenvalue weighted by molar-refractivity contribution is 0.0714. The van der Waals surface area contributed by atoms with Crippen LogP contribution < -0.4 is 0 Å². The molecule has 0 aromatic carbocycles. The van der Waals surface area contributed by atoms with Crippen molar-refractivity contribution >= 4 is 11.6 Å². The van der Waals surface area contributed by atoms with E-state index in [4.69, 9.17) is 11.6 Å². The van der Waals surface area contributed by atoms with Gasteiger partial charge in [-0.1, -0.05) is 11.6 Å². The van der Waals surface area contributed by atoms with Crippen LogP contribution in [0.2, 0.25) is 5.02 Å². The first-order valence-electron chi connectivity index (χ1n) is 5.87. The van der Waals surface area contributed by atoms with Crippen molar-refractivity contribution in [2.45, 2.75) is 46.3 Å². The van der Waals surface area contributed by atoms with E-state index in [-0.39, 0.29) is 12.1 Å². The largest absolute Gasteiger partial charge is 0.394 e. The van der Waals surface area contributed by atoms with Gasteiger partial charge >= 0.3 is 0 Å². The molecule has 4 nitrogen and oxygen atoms in total. The molecule has 0 saturated heterocycles. The molecule has 0 fully saturated rings. The fourth-order valence-corrected chi connectivity index (χ4v) is 1.77. The fourth-order valence-electron chi connectivity index (χ4n) is 1.58. The number of aliphatic hydroxyl groups is 1. The molecule has 5 heteroatoms. The van der Waals surface area contributed by atoms with Crippen molar-refractivity contribution in [2.75, 3.05) is 13.7 Å². The standard InChI is InChI=1S/C12H22ClN3O/c1-6-16-10(11(13)9(2)14-16)7-15(5)12(3,4)8-17/h17H,6-8H2,1-5H3. The molecule has 0 amide bonds. The molecule has 0 atom stereocenters. The van der Waals surface area contributed by atoms with E-state index in [0.717, 1.165) is 23.0 Å². The maximum absolute atomic E-state index is 9.35. The van der Waals surface area contributed by atoms with E-state index in [2.05, 4.69) is 10.00 Å². The second kappa shape index (κ2) is 5.38. The van der Waals surface area contributed by atoms with Gasteiger partial charge < -0.3 is 5.11 Å². The molecule has 0 spiro atoms. The second-order valence-corrected chi connectivity index (χ2v) is 5.37. The van der Waals surface area contributed by atoms with Crippen molar-refractivity contribution in [3.8, 4) is 0 Å². The minimum atomic E-state index is -0.264. The molecule has 1 N–H and O–H groups in total. The molecule has 0 saturated carbocycles. The molecule has 1 heterocycles. The zero-order valence-electron chi connectivity index (χ0n) is 11.3. The Morgan fingerprint density at radius 2 is 2.06 bits per heavy atom. The molecule has 1 aromatic heterocycles. The summed E-state index contributed by atoms with van der Waals surface area (Å²) in [6.07, 6.45) is 0. The summed E-state index contributed by atoms with van der Waals surface area (Å²) in [5, 5.41) is 14.5. The monoisotopic (exact) mass is 259 g/mol. The average molecular weight is 260 g/mol. The Labute approximate surface area is 108 Å². The Bertz CT molecular complexity index is 387. The first-order valence-corrected chi connectivity index (χ1v) is 6.25. The summed E-state index contributed by atoms with van der Waals surface area (Å²) in [7, 11) is 1.98. The summed E-state index contributed by atoms with van der Waals surface area (Å²) in [6.45, 7) is 9.55. The molecular weight excluding hydrogens is 238 g/mol.